The lowest BCUT2D eigenvalue weighted by Gasteiger charge is -2.23. The molecule has 0 spiro atoms. The standard InChI is InChI=1S/C12H16N3O3PS2/c1-3-17-19(20,18-4-2)21-12(16)15-9-10-7-5-6-8-11(10)13-14-15/h5-9,14H,3-4H2,1-2H3. The third kappa shape index (κ3) is 4.28. The number of nitrogens with zero attached hydrogens (tertiary/aromatic N) is 2. The van der Waals surface area contributed by atoms with Crippen LogP contribution in [-0.2, 0) is 20.9 Å². The summed E-state index contributed by atoms with van der Waals surface area (Å²) in [5.74, 6) is 0. The summed E-state index contributed by atoms with van der Waals surface area (Å²) in [6.07, 6.45) is 1.68. The van der Waals surface area contributed by atoms with E-state index in [0.717, 1.165) is 22.0 Å². The summed E-state index contributed by atoms with van der Waals surface area (Å²) in [7, 11) is 0. The monoisotopic (exact) mass is 345 g/mol. The molecule has 1 aliphatic rings. The molecule has 1 aliphatic heterocycles. The summed E-state index contributed by atoms with van der Waals surface area (Å²) in [6, 6.07) is 7.51. The molecule has 0 bridgehead atoms. The minimum Gasteiger partial charge on any atom is -0.322 e. The fourth-order valence-electron chi connectivity index (χ4n) is 1.61. The Morgan fingerprint density at radius 1 is 1.38 bits per heavy atom. The largest absolute Gasteiger partial charge is 0.322 e. The van der Waals surface area contributed by atoms with Gasteiger partial charge in [-0.15, -0.1) is 0 Å². The molecule has 1 N–H and O–H groups in total. The number of hydrogen-bond donors (Lipinski definition) is 1. The molecule has 0 saturated carbocycles. The quantitative estimate of drug-likeness (QED) is 0.823. The van der Waals surface area contributed by atoms with Gasteiger partial charge in [0, 0.05) is 22.8 Å². The smallest absolute Gasteiger partial charge is 0.314 e. The predicted octanol–water partition coefficient (Wildman–Crippen LogP) is 1.93. The highest BCUT2D eigenvalue weighted by molar-refractivity contribution is 8.73. The molecule has 2 rings (SSSR count). The first-order valence-electron chi connectivity index (χ1n) is 6.40. The zero-order valence-electron chi connectivity index (χ0n) is 11.7. The summed E-state index contributed by atoms with van der Waals surface area (Å²) < 4.78 is 10.9. The van der Waals surface area contributed by atoms with Crippen LogP contribution in [0.1, 0.15) is 13.8 Å². The molecule has 0 aromatic heterocycles. The molecule has 0 radical (unpaired) electrons. The van der Waals surface area contributed by atoms with E-state index in [9.17, 15) is 4.79 Å². The van der Waals surface area contributed by atoms with Crippen molar-refractivity contribution >= 4 is 40.3 Å². The van der Waals surface area contributed by atoms with E-state index in [0.29, 0.717) is 13.2 Å². The van der Waals surface area contributed by atoms with Crippen LogP contribution in [0.2, 0.25) is 0 Å². The summed E-state index contributed by atoms with van der Waals surface area (Å²) in [5, 5.41) is 6.73. The average Bonchev–Trinajstić information content (AvgIpc) is 2.47. The third-order valence-electron chi connectivity index (χ3n) is 2.44. The molecule has 0 saturated heterocycles. The Morgan fingerprint density at radius 2 is 2.05 bits per heavy atom. The van der Waals surface area contributed by atoms with Crippen molar-refractivity contribution in [3.05, 3.63) is 34.8 Å². The SMILES string of the molecule is CCOP(=S)(OCC)SC(=O)N1C=c2ccccc2=NN1. The lowest BCUT2D eigenvalue weighted by atomic mass is 10.3. The average molecular weight is 345 g/mol. The summed E-state index contributed by atoms with van der Waals surface area (Å²) in [6.45, 7) is 4.45. The maximum absolute atomic E-state index is 12.3. The van der Waals surface area contributed by atoms with Crippen LogP contribution in [-0.4, -0.2) is 23.5 Å². The zero-order valence-corrected chi connectivity index (χ0v) is 14.2. The van der Waals surface area contributed by atoms with E-state index in [4.69, 9.17) is 20.9 Å². The van der Waals surface area contributed by atoms with Crippen LogP contribution >= 0.6 is 17.1 Å². The molecule has 6 nitrogen and oxygen atoms in total. The molecule has 0 unspecified atom stereocenters. The molecule has 9 heteroatoms. The highest BCUT2D eigenvalue weighted by atomic mass is 32.9. The van der Waals surface area contributed by atoms with E-state index < -0.39 is 5.69 Å². The van der Waals surface area contributed by atoms with Crippen LogP contribution in [0.15, 0.2) is 29.4 Å². The molecular formula is C12H16N3O3PS2. The van der Waals surface area contributed by atoms with Gasteiger partial charge in [-0.05, 0) is 31.7 Å². The number of rotatable bonds is 5. The number of hydrazine groups is 1. The van der Waals surface area contributed by atoms with Gasteiger partial charge in [0.25, 0.3) is 5.69 Å². The second-order valence-electron chi connectivity index (χ2n) is 3.91. The van der Waals surface area contributed by atoms with Crippen LogP contribution in [0.5, 0.6) is 0 Å². The summed E-state index contributed by atoms with van der Waals surface area (Å²) >= 11 is 6.23. The van der Waals surface area contributed by atoms with Gasteiger partial charge in [0.05, 0.1) is 18.6 Å². The van der Waals surface area contributed by atoms with Crippen molar-refractivity contribution < 1.29 is 13.8 Å². The fourth-order valence-corrected chi connectivity index (χ4v) is 5.79. The highest BCUT2D eigenvalue weighted by Crippen LogP contribution is 2.61. The van der Waals surface area contributed by atoms with Crippen molar-refractivity contribution in [1.82, 2.24) is 10.5 Å². The van der Waals surface area contributed by atoms with Gasteiger partial charge in [-0.1, -0.05) is 18.2 Å². The molecule has 114 valence electrons. The maximum atomic E-state index is 12.3. The van der Waals surface area contributed by atoms with E-state index >= 15 is 0 Å². The van der Waals surface area contributed by atoms with Crippen LogP contribution in [0.4, 0.5) is 4.79 Å². The number of fused-ring (bicyclic) bond motifs is 1. The normalized spacial score (nSPS) is 13.7. The lowest BCUT2D eigenvalue weighted by Crippen LogP contribution is -2.43. The first-order chi connectivity index (χ1) is 10.1. The number of para-hydroxylation sites is 1. The molecule has 1 aromatic rings. The van der Waals surface area contributed by atoms with Crippen molar-refractivity contribution in [2.45, 2.75) is 13.8 Å². The van der Waals surface area contributed by atoms with E-state index in [1.165, 1.54) is 5.01 Å². The van der Waals surface area contributed by atoms with Crippen LogP contribution in [0, 0.1) is 0 Å². The molecule has 0 fully saturated rings. The maximum Gasteiger partial charge on any atom is 0.314 e. The molecule has 1 aromatic carbocycles. The summed E-state index contributed by atoms with van der Waals surface area (Å²) in [4.78, 5) is 12.3. The number of carbonyl (C=O) groups excluding carboxylic acids is 1. The van der Waals surface area contributed by atoms with E-state index in [-0.39, 0.29) is 5.24 Å². The predicted molar refractivity (Wildman–Crippen MR) is 87.2 cm³/mol. The molecule has 0 atom stereocenters. The molecule has 0 aliphatic carbocycles. The first kappa shape index (κ1) is 16.5. The molecule has 21 heavy (non-hydrogen) atoms. The van der Waals surface area contributed by atoms with Crippen LogP contribution in [0.25, 0.3) is 6.20 Å². The Balaban J connectivity index is 2.14. The number of amides is 1. The van der Waals surface area contributed by atoms with E-state index in [1.807, 2.05) is 38.1 Å². The Kier molecular flexibility index (Phi) is 5.78. The van der Waals surface area contributed by atoms with Gasteiger partial charge < -0.3 is 9.05 Å². The van der Waals surface area contributed by atoms with Gasteiger partial charge in [0.2, 0.25) is 0 Å². The third-order valence-corrected chi connectivity index (χ3v) is 7.24. The topological polar surface area (TPSA) is 63.2 Å². The minimum atomic E-state index is -2.67. The molecule has 1 amide bonds. The van der Waals surface area contributed by atoms with Crippen molar-refractivity contribution in [3.63, 3.8) is 0 Å². The number of hydrogen-bond acceptors (Lipinski definition) is 7. The Bertz CT molecular complexity index is 673. The second kappa shape index (κ2) is 7.38. The fraction of sp³-hybridized carbons (Fsp3) is 0.333. The van der Waals surface area contributed by atoms with Crippen molar-refractivity contribution in [2.75, 3.05) is 13.2 Å². The van der Waals surface area contributed by atoms with Gasteiger partial charge in [0.15, 0.2) is 0 Å². The van der Waals surface area contributed by atoms with Gasteiger partial charge in [-0.25, -0.2) is 10.5 Å². The van der Waals surface area contributed by atoms with E-state index in [1.54, 1.807) is 6.20 Å². The van der Waals surface area contributed by atoms with Crippen molar-refractivity contribution in [3.8, 4) is 0 Å². The first-order valence-corrected chi connectivity index (χ1v) is 10.5. The lowest BCUT2D eigenvalue weighted by molar-refractivity contribution is 0.228. The van der Waals surface area contributed by atoms with Crippen molar-refractivity contribution in [1.29, 1.82) is 0 Å². The number of benzene rings is 1. The second-order valence-corrected chi connectivity index (χ2v) is 9.98. The number of carbonyl (C=O) groups is 1. The Morgan fingerprint density at radius 3 is 2.71 bits per heavy atom. The Labute approximate surface area is 132 Å². The van der Waals surface area contributed by atoms with Gasteiger partial charge in [-0.2, -0.15) is 5.10 Å². The Hall–Kier alpha value is -0.920. The summed E-state index contributed by atoms with van der Waals surface area (Å²) in [5.41, 5.74) is 0.00518. The highest BCUT2D eigenvalue weighted by Gasteiger charge is 2.27. The minimum absolute atomic E-state index is 0.307. The molecule has 1 heterocycles. The van der Waals surface area contributed by atoms with E-state index in [2.05, 4.69) is 10.6 Å². The van der Waals surface area contributed by atoms with Crippen molar-refractivity contribution in [2.24, 2.45) is 5.10 Å². The van der Waals surface area contributed by atoms with Crippen LogP contribution in [0.3, 0.4) is 0 Å². The van der Waals surface area contributed by atoms with Crippen LogP contribution < -0.4 is 16.1 Å². The molecular weight excluding hydrogens is 329 g/mol. The van der Waals surface area contributed by atoms with Gasteiger partial charge in [0.1, 0.15) is 0 Å². The van der Waals surface area contributed by atoms with Gasteiger partial charge in [-0.3, -0.25) is 4.79 Å². The number of nitrogens with one attached hydrogen (secondary N) is 1. The van der Waals surface area contributed by atoms with Gasteiger partial charge >= 0.3 is 5.24 Å². The zero-order chi connectivity index (χ0) is 15.3.